The quantitative estimate of drug-likeness (QED) is 0.180. The van der Waals surface area contributed by atoms with Crippen LogP contribution < -0.4 is 0 Å². The number of benzene rings is 9. The van der Waals surface area contributed by atoms with E-state index in [1.165, 1.54) is 87.9 Å². The maximum Gasteiger partial charge on any atom is 0.141 e. The molecule has 2 aliphatic carbocycles. The minimum Gasteiger partial charge on any atom is -0.309 e. The molecule has 2 aromatic heterocycles. The summed E-state index contributed by atoms with van der Waals surface area (Å²) in [6, 6.07) is 66.9. The lowest BCUT2D eigenvalue weighted by Gasteiger charge is -2.22. The van der Waals surface area contributed by atoms with E-state index in [4.69, 9.17) is 9.97 Å². The number of para-hydroxylation sites is 2. The second kappa shape index (κ2) is 11.8. The van der Waals surface area contributed by atoms with Gasteiger partial charge in [0.2, 0.25) is 0 Å². The Balaban J connectivity index is 1.11. The van der Waals surface area contributed by atoms with Crippen molar-refractivity contribution in [1.82, 2.24) is 14.5 Å². The van der Waals surface area contributed by atoms with Crippen molar-refractivity contribution in [3.63, 3.8) is 0 Å². The Morgan fingerprint density at radius 1 is 0.458 bits per heavy atom. The fourth-order valence-corrected chi connectivity index (χ4v) is 10.8. The molecule has 2 aliphatic rings. The third kappa shape index (κ3) is 4.42. The van der Waals surface area contributed by atoms with Gasteiger partial charge in [-0.3, -0.25) is 0 Å². The molecular weight excluding hydrogens is 715 g/mol. The molecule has 2 heterocycles. The molecule has 59 heavy (non-hydrogen) atoms. The topological polar surface area (TPSA) is 30.7 Å². The summed E-state index contributed by atoms with van der Waals surface area (Å²) in [6.45, 7) is 4.69. The van der Waals surface area contributed by atoms with Crippen LogP contribution in [0.5, 0.6) is 0 Å². The molecule has 0 radical (unpaired) electrons. The van der Waals surface area contributed by atoms with E-state index in [0.717, 1.165) is 33.7 Å². The minimum absolute atomic E-state index is 0.119. The van der Waals surface area contributed by atoms with E-state index >= 15 is 0 Å². The zero-order valence-corrected chi connectivity index (χ0v) is 32.7. The third-order valence-electron chi connectivity index (χ3n) is 13.4. The number of hydrogen-bond donors (Lipinski definition) is 0. The van der Waals surface area contributed by atoms with E-state index in [2.05, 4.69) is 200 Å². The molecule has 0 saturated carbocycles. The average molecular weight is 752 g/mol. The Labute approximate surface area is 341 Å². The number of aromatic nitrogens is 3. The smallest absolute Gasteiger partial charge is 0.141 e. The summed E-state index contributed by atoms with van der Waals surface area (Å²) < 4.78 is 2.48. The number of hydrogen-bond acceptors (Lipinski definition) is 2. The molecule has 0 amide bonds. The second-order valence-electron chi connectivity index (χ2n) is 16.8. The number of nitrogens with zero attached hydrogens (tertiary/aromatic N) is 3. The summed E-state index contributed by atoms with van der Waals surface area (Å²) in [5.41, 5.74) is 16.8. The lowest BCUT2D eigenvalue weighted by Crippen LogP contribution is -2.14. The van der Waals surface area contributed by atoms with E-state index in [1.807, 2.05) is 0 Å². The van der Waals surface area contributed by atoms with Crippen molar-refractivity contribution in [2.45, 2.75) is 25.2 Å². The van der Waals surface area contributed by atoms with Crippen molar-refractivity contribution >= 4 is 54.3 Å². The Morgan fingerprint density at radius 3 is 2.02 bits per heavy atom. The molecule has 11 aromatic rings. The normalized spacial score (nSPS) is 14.9. The van der Waals surface area contributed by atoms with E-state index in [-0.39, 0.29) is 11.3 Å². The Morgan fingerprint density at radius 2 is 1.14 bits per heavy atom. The average Bonchev–Trinajstić information content (AvgIpc) is 3.89. The van der Waals surface area contributed by atoms with E-state index in [9.17, 15) is 0 Å². The van der Waals surface area contributed by atoms with Crippen LogP contribution >= 0.6 is 0 Å². The van der Waals surface area contributed by atoms with Crippen molar-refractivity contribution in [2.75, 3.05) is 0 Å². The van der Waals surface area contributed by atoms with E-state index in [0.29, 0.717) is 0 Å². The van der Waals surface area contributed by atoms with Gasteiger partial charge in [0.1, 0.15) is 5.82 Å². The summed E-state index contributed by atoms with van der Waals surface area (Å²) in [4.78, 5) is 11.2. The standard InChI is InChI=1S/C56H37N3/c1-56(2)46-22-10-7-19-41(46)51-44(21-13-23-47(51)56)53-42-20-8-11-24-48(42)57-55(58-53)52-43-30-27-33-14-3-5-16-36(33)50(43)39-31-28-35(32-45(39)52)59-49-25-12-9-18-38(49)40-29-26-34-15-4-6-17-37(34)54(40)59/h3-32,52H,1-2H3. The highest BCUT2D eigenvalue weighted by molar-refractivity contribution is 6.18. The van der Waals surface area contributed by atoms with Gasteiger partial charge in [0.15, 0.2) is 0 Å². The maximum absolute atomic E-state index is 5.74. The molecule has 0 N–H and O–H groups in total. The first kappa shape index (κ1) is 32.7. The predicted octanol–water partition coefficient (Wildman–Crippen LogP) is 14.2. The lowest BCUT2D eigenvalue weighted by atomic mass is 9.82. The van der Waals surface area contributed by atoms with Crippen LogP contribution in [0.2, 0.25) is 0 Å². The summed E-state index contributed by atoms with van der Waals surface area (Å²) in [5, 5.41) is 8.54. The van der Waals surface area contributed by atoms with Gasteiger partial charge in [0.05, 0.1) is 28.2 Å². The fourth-order valence-electron chi connectivity index (χ4n) is 10.8. The van der Waals surface area contributed by atoms with Gasteiger partial charge < -0.3 is 4.57 Å². The van der Waals surface area contributed by atoms with Crippen molar-refractivity contribution < 1.29 is 0 Å². The van der Waals surface area contributed by atoms with Gasteiger partial charge in [-0.05, 0) is 84.9 Å². The zero-order valence-electron chi connectivity index (χ0n) is 32.7. The molecule has 276 valence electrons. The van der Waals surface area contributed by atoms with Gasteiger partial charge in [-0.15, -0.1) is 0 Å². The van der Waals surface area contributed by atoms with Crippen LogP contribution in [0, 0.1) is 0 Å². The first-order valence-corrected chi connectivity index (χ1v) is 20.6. The van der Waals surface area contributed by atoms with Gasteiger partial charge in [-0.25, -0.2) is 9.97 Å². The van der Waals surface area contributed by atoms with Gasteiger partial charge in [-0.1, -0.05) is 172 Å². The van der Waals surface area contributed by atoms with Crippen LogP contribution in [0.15, 0.2) is 182 Å². The van der Waals surface area contributed by atoms with Gasteiger partial charge >= 0.3 is 0 Å². The summed E-state index contributed by atoms with van der Waals surface area (Å²) in [5.74, 6) is 0.639. The first-order chi connectivity index (χ1) is 29.0. The molecule has 13 rings (SSSR count). The third-order valence-corrected chi connectivity index (χ3v) is 13.4. The molecular formula is C56H37N3. The number of rotatable bonds is 3. The largest absolute Gasteiger partial charge is 0.309 e. The summed E-state index contributed by atoms with van der Waals surface area (Å²) in [6.07, 6.45) is 0. The van der Waals surface area contributed by atoms with Crippen LogP contribution in [0.25, 0.3) is 93.5 Å². The minimum atomic E-state index is -0.182. The highest BCUT2D eigenvalue weighted by atomic mass is 15.0. The number of fused-ring (bicyclic) bond motifs is 14. The lowest BCUT2D eigenvalue weighted by molar-refractivity contribution is 0.660. The van der Waals surface area contributed by atoms with Crippen molar-refractivity contribution in [1.29, 1.82) is 0 Å². The zero-order chi connectivity index (χ0) is 39.0. The van der Waals surface area contributed by atoms with Gasteiger partial charge in [-0.2, -0.15) is 0 Å². The molecule has 0 saturated heterocycles. The SMILES string of the molecule is CC1(C)c2ccccc2-c2c(-c3nc(C4c5cc(-n6c7ccccc7c7ccc8ccccc8c76)ccc5-c5c4ccc4ccccc54)nc4ccccc34)cccc21. The van der Waals surface area contributed by atoms with E-state index < -0.39 is 0 Å². The maximum atomic E-state index is 5.74. The monoisotopic (exact) mass is 751 g/mol. The van der Waals surface area contributed by atoms with Crippen molar-refractivity contribution in [2.24, 2.45) is 0 Å². The van der Waals surface area contributed by atoms with Crippen LogP contribution in [-0.2, 0) is 5.41 Å². The summed E-state index contributed by atoms with van der Waals surface area (Å²) >= 11 is 0. The molecule has 3 nitrogen and oxygen atoms in total. The predicted molar refractivity (Wildman–Crippen MR) is 245 cm³/mol. The molecule has 0 bridgehead atoms. The molecule has 3 heteroatoms. The summed E-state index contributed by atoms with van der Waals surface area (Å²) in [7, 11) is 0. The van der Waals surface area contributed by atoms with Crippen LogP contribution in [0.3, 0.4) is 0 Å². The Kier molecular flexibility index (Phi) is 6.56. The highest BCUT2D eigenvalue weighted by Crippen LogP contribution is 2.54. The van der Waals surface area contributed by atoms with Crippen LogP contribution in [-0.4, -0.2) is 14.5 Å². The highest BCUT2D eigenvalue weighted by Gasteiger charge is 2.38. The Bertz CT molecular complexity index is 3610. The molecule has 0 fully saturated rings. The second-order valence-corrected chi connectivity index (χ2v) is 16.8. The van der Waals surface area contributed by atoms with Crippen molar-refractivity contribution in [3.8, 4) is 39.2 Å². The Hall–Kier alpha value is -7.36. The van der Waals surface area contributed by atoms with Crippen molar-refractivity contribution in [3.05, 3.63) is 210 Å². The van der Waals surface area contributed by atoms with E-state index in [1.54, 1.807) is 0 Å². The molecule has 9 aromatic carbocycles. The first-order valence-electron chi connectivity index (χ1n) is 20.6. The molecule has 0 spiro atoms. The molecule has 0 aliphatic heterocycles. The van der Waals surface area contributed by atoms with Gasteiger partial charge in [0, 0.05) is 38.2 Å². The van der Waals surface area contributed by atoms with Crippen LogP contribution in [0.4, 0.5) is 0 Å². The fraction of sp³-hybridized carbons (Fsp3) is 0.0714. The van der Waals surface area contributed by atoms with Crippen LogP contribution in [0.1, 0.15) is 47.8 Å². The van der Waals surface area contributed by atoms with Gasteiger partial charge in [0.25, 0.3) is 0 Å². The molecule has 1 unspecified atom stereocenters. The molecule has 1 atom stereocenters.